The second-order valence-corrected chi connectivity index (χ2v) is 5.26. The fourth-order valence-corrected chi connectivity index (χ4v) is 2.45. The molecule has 0 aromatic rings. The van der Waals surface area contributed by atoms with Crippen molar-refractivity contribution in [2.45, 2.75) is 78.6 Å². The van der Waals surface area contributed by atoms with Crippen LogP contribution in [-0.2, 0) is 0 Å². The molecular weight excluding hydrogens is 182 g/mol. The monoisotopic (exact) mass is 213 g/mol. The number of nitrogens with two attached hydrogens (primary N) is 1. The van der Waals surface area contributed by atoms with Gasteiger partial charge in [0.25, 0.3) is 0 Å². The Morgan fingerprint density at radius 3 is 2.00 bits per heavy atom. The molecule has 1 nitrogen and oxygen atoms in total. The van der Waals surface area contributed by atoms with Gasteiger partial charge in [-0.05, 0) is 37.6 Å². The molecule has 15 heavy (non-hydrogen) atoms. The summed E-state index contributed by atoms with van der Waals surface area (Å²) >= 11 is 0. The zero-order chi connectivity index (χ0) is 11.6. The summed E-state index contributed by atoms with van der Waals surface area (Å²) in [6.45, 7) is 7.94. The Hall–Kier alpha value is -0.0400. The first-order valence-corrected chi connectivity index (χ1v) is 6.88. The lowest BCUT2D eigenvalue weighted by molar-refractivity contribution is 0.231. The molecule has 0 aromatic heterocycles. The minimum atomic E-state index is 0.610. The summed E-state index contributed by atoms with van der Waals surface area (Å²) in [7, 11) is 0. The van der Waals surface area contributed by atoms with Gasteiger partial charge in [-0.25, -0.2) is 0 Å². The lowest BCUT2D eigenvalue weighted by Gasteiger charge is -2.29. The third-order valence-corrected chi connectivity index (χ3v) is 3.47. The van der Waals surface area contributed by atoms with E-state index in [9.17, 15) is 0 Å². The van der Waals surface area contributed by atoms with E-state index in [4.69, 9.17) is 5.73 Å². The van der Waals surface area contributed by atoms with Gasteiger partial charge >= 0.3 is 0 Å². The van der Waals surface area contributed by atoms with E-state index >= 15 is 0 Å². The summed E-state index contributed by atoms with van der Waals surface area (Å²) < 4.78 is 0. The van der Waals surface area contributed by atoms with E-state index < -0.39 is 0 Å². The van der Waals surface area contributed by atoms with Gasteiger partial charge in [-0.2, -0.15) is 0 Å². The molecule has 0 rings (SSSR count). The molecule has 0 amide bonds. The third kappa shape index (κ3) is 7.84. The molecule has 0 heterocycles. The van der Waals surface area contributed by atoms with E-state index in [2.05, 4.69) is 20.8 Å². The van der Waals surface area contributed by atoms with Gasteiger partial charge in [-0.15, -0.1) is 0 Å². The predicted octanol–water partition coefficient (Wildman–Crippen LogP) is 4.50. The molecule has 0 aliphatic heterocycles. The van der Waals surface area contributed by atoms with Crippen molar-refractivity contribution in [3.8, 4) is 0 Å². The number of hydrogen-bond donors (Lipinski definition) is 1. The molecule has 0 bridgehead atoms. The average molecular weight is 213 g/mol. The van der Waals surface area contributed by atoms with Crippen LogP contribution in [0.5, 0.6) is 0 Å². The van der Waals surface area contributed by atoms with Crippen LogP contribution in [0, 0.1) is 5.41 Å². The van der Waals surface area contributed by atoms with Crippen LogP contribution >= 0.6 is 0 Å². The van der Waals surface area contributed by atoms with E-state index in [1.807, 2.05) is 0 Å². The summed E-state index contributed by atoms with van der Waals surface area (Å²) in [5, 5.41) is 0. The van der Waals surface area contributed by atoms with Crippen LogP contribution in [0.2, 0.25) is 0 Å². The first kappa shape index (κ1) is 15.0. The molecule has 0 saturated heterocycles. The smallest absolute Gasteiger partial charge is 0.00773 e. The Labute approximate surface area is 96.8 Å². The second-order valence-electron chi connectivity index (χ2n) is 5.26. The van der Waals surface area contributed by atoms with Crippen molar-refractivity contribution in [1.82, 2.24) is 0 Å². The van der Waals surface area contributed by atoms with Crippen molar-refractivity contribution < 1.29 is 0 Å². The van der Waals surface area contributed by atoms with Crippen molar-refractivity contribution in [3.05, 3.63) is 0 Å². The summed E-state index contributed by atoms with van der Waals surface area (Å²) in [4.78, 5) is 0. The van der Waals surface area contributed by atoms with Crippen LogP contribution in [0.25, 0.3) is 0 Å². The fraction of sp³-hybridized carbons (Fsp3) is 1.00. The highest BCUT2D eigenvalue weighted by Gasteiger charge is 2.21. The first-order chi connectivity index (χ1) is 7.18. The number of unbranched alkanes of at least 4 members (excludes halogenated alkanes) is 3. The maximum atomic E-state index is 5.52. The molecule has 0 radical (unpaired) electrons. The van der Waals surface area contributed by atoms with E-state index in [1.165, 1.54) is 57.8 Å². The normalized spacial score (nSPS) is 15.2. The van der Waals surface area contributed by atoms with Gasteiger partial charge in [0.2, 0.25) is 0 Å². The van der Waals surface area contributed by atoms with Crippen LogP contribution < -0.4 is 5.73 Å². The summed E-state index contributed by atoms with van der Waals surface area (Å²) in [5.74, 6) is 0. The maximum Gasteiger partial charge on any atom is -0.00773 e. The maximum absolute atomic E-state index is 5.52. The van der Waals surface area contributed by atoms with Crippen molar-refractivity contribution >= 4 is 0 Å². The van der Waals surface area contributed by atoms with Crippen LogP contribution in [0.1, 0.15) is 78.6 Å². The van der Waals surface area contributed by atoms with Crippen LogP contribution in [0.4, 0.5) is 0 Å². The molecule has 1 atom stereocenters. The van der Waals surface area contributed by atoms with Crippen molar-refractivity contribution in [2.75, 3.05) is 6.54 Å². The second kappa shape index (κ2) is 9.21. The van der Waals surface area contributed by atoms with Crippen molar-refractivity contribution in [1.29, 1.82) is 0 Å². The largest absolute Gasteiger partial charge is 0.330 e. The highest BCUT2D eigenvalue weighted by Crippen LogP contribution is 2.35. The Kier molecular flexibility index (Phi) is 9.18. The van der Waals surface area contributed by atoms with Gasteiger partial charge in [0, 0.05) is 0 Å². The highest BCUT2D eigenvalue weighted by molar-refractivity contribution is 4.73. The van der Waals surface area contributed by atoms with Crippen LogP contribution in [-0.4, -0.2) is 6.54 Å². The van der Waals surface area contributed by atoms with Gasteiger partial charge in [0.1, 0.15) is 0 Å². The molecule has 92 valence electrons. The minimum Gasteiger partial charge on any atom is -0.330 e. The zero-order valence-corrected chi connectivity index (χ0v) is 11.1. The Morgan fingerprint density at radius 2 is 1.47 bits per heavy atom. The van der Waals surface area contributed by atoms with Crippen LogP contribution in [0.3, 0.4) is 0 Å². The molecule has 1 unspecified atom stereocenters. The average Bonchev–Trinajstić information content (AvgIpc) is 2.22. The molecule has 2 N–H and O–H groups in total. The molecule has 0 aromatic carbocycles. The fourth-order valence-electron chi connectivity index (χ4n) is 2.45. The molecule has 0 fully saturated rings. The Morgan fingerprint density at radius 1 is 0.800 bits per heavy atom. The lowest BCUT2D eigenvalue weighted by atomic mass is 9.76. The van der Waals surface area contributed by atoms with E-state index in [-0.39, 0.29) is 0 Å². The molecule has 0 aliphatic carbocycles. The van der Waals surface area contributed by atoms with Gasteiger partial charge in [0.05, 0.1) is 0 Å². The third-order valence-electron chi connectivity index (χ3n) is 3.47. The quantitative estimate of drug-likeness (QED) is 0.531. The topological polar surface area (TPSA) is 26.0 Å². The van der Waals surface area contributed by atoms with Gasteiger partial charge < -0.3 is 5.73 Å². The van der Waals surface area contributed by atoms with E-state index in [0.29, 0.717) is 5.41 Å². The minimum absolute atomic E-state index is 0.610. The van der Waals surface area contributed by atoms with E-state index in [0.717, 1.165) is 6.54 Å². The molecule has 1 heteroatoms. The van der Waals surface area contributed by atoms with Crippen molar-refractivity contribution in [3.63, 3.8) is 0 Å². The summed E-state index contributed by atoms with van der Waals surface area (Å²) in [6, 6.07) is 0. The molecule has 0 spiro atoms. The number of rotatable bonds is 10. The SMILES string of the molecule is CCCCC(C)(CCC)CCCCCN. The van der Waals surface area contributed by atoms with E-state index in [1.54, 1.807) is 0 Å². The van der Waals surface area contributed by atoms with Crippen molar-refractivity contribution in [2.24, 2.45) is 11.1 Å². The predicted molar refractivity (Wildman–Crippen MR) is 70.1 cm³/mol. The van der Waals surface area contributed by atoms with Gasteiger partial charge in [-0.1, -0.05) is 52.9 Å². The van der Waals surface area contributed by atoms with Gasteiger partial charge in [0.15, 0.2) is 0 Å². The Balaban J connectivity index is 3.78. The summed E-state index contributed by atoms with van der Waals surface area (Å²) in [5.41, 5.74) is 6.13. The zero-order valence-electron chi connectivity index (χ0n) is 11.1. The van der Waals surface area contributed by atoms with Crippen LogP contribution in [0.15, 0.2) is 0 Å². The standard InChI is InChI=1S/C14H31N/c1-4-6-11-14(3,10-5-2)12-8-7-9-13-15/h4-13,15H2,1-3H3. The lowest BCUT2D eigenvalue weighted by Crippen LogP contribution is -2.16. The van der Waals surface area contributed by atoms with Gasteiger partial charge in [-0.3, -0.25) is 0 Å². The Bertz CT molecular complexity index is 133. The first-order valence-electron chi connectivity index (χ1n) is 6.88. The molecule has 0 aliphatic rings. The number of hydrogen-bond acceptors (Lipinski definition) is 1. The highest BCUT2D eigenvalue weighted by atomic mass is 14.5. The summed E-state index contributed by atoms with van der Waals surface area (Å²) in [6.07, 6.45) is 12.2. The molecular formula is C14H31N. The molecule has 0 saturated carbocycles.